The zero-order valence-corrected chi connectivity index (χ0v) is 18.5. The van der Waals surface area contributed by atoms with Gasteiger partial charge in [0.15, 0.2) is 0 Å². The maximum atomic E-state index is 8.76. The summed E-state index contributed by atoms with van der Waals surface area (Å²) in [7, 11) is 0.737. The molecule has 24 heavy (non-hydrogen) atoms. The third-order valence-electron chi connectivity index (χ3n) is 4.34. The van der Waals surface area contributed by atoms with Crippen LogP contribution >= 0.6 is 25.6 Å². The van der Waals surface area contributed by atoms with E-state index in [0.29, 0.717) is 6.16 Å². The number of aliphatic hydroxyl groups is 3. The maximum absolute atomic E-state index is 8.76. The second-order valence-electron chi connectivity index (χ2n) is 6.87. The minimum atomic E-state index is -2.46. The molecule has 0 spiro atoms. The minimum Gasteiger partial charge on any atom is -0.344 e. The Morgan fingerprint density at radius 3 is 1.33 bits per heavy atom. The predicted octanol–water partition coefficient (Wildman–Crippen LogP) is 5.74. The lowest BCUT2D eigenvalue weighted by Gasteiger charge is -2.13. The van der Waals surface area contributed by atoms with Crippen LogP contribution in [0.3, 0.4) is 0 Å². The van der Waals surface area contributed by atoms with Crippen molar-refractivity contribution in [3.05, 3.63) is 0 Å². The fraction of sp³-hybridized carbons (Fsp3) is 1.00. The summed E-state index contributed by atoms with van der Waals surface area (Å²) in [5, 5.41) is 26.3. The van der Waals surface area contributed by atoms with Crippen LogP contribution in [0, 0.1) is 0 Å². The van der Waals surface area contributed by atoms with E-state index < -0.39 is 5.97 Å². The van der Waals surface area contributed by atoms with E-state index in [1.165, 1.54) is 89.9 Å². The number of hydrogen-bond acceptors (Lipinski definition) is 3. The van der Waals surface area contributed by atoms with Crippen molar-refractivity contribution in [2.45, 2.75) is 109 Å². The number of rotatable bonds is 18. The monoisotopic (exact) mass is 428 g/mol. The lowest BCUT2D eigenvalue weighted by Crippen LogP contribution is -2.27. The molecule has 1 unspecified atom stereocenters. The first-order valence-electron chi connectivity index (χ1n) is 9.94. The van der Waals surface area contributed by atoms with Gasteiger partial charge in [-0.15, -0.1) is 25.6 Å². The average Bonchev–Trinajstić information content (AvgIpc) is 2.49. The van der Waals surface area contributed by atoms with Crippen molar-refractivity contribution < 1.29 is 15.3 Å². The van der Waals surface area contributed by atoms with Gasteiger partial charge in [0.1, 0.15) is 0 Å². The van der Waals surface area contributed by atoms with Crippen molar-refractivity contribution in [2.75, 3.05) is 12.3 Å². The zero-order chi connectivity index (χ0) is 17.2. The van der Waals surface area contributed by atoms with Crippen molar-refractivity contribution in [3.8, 4) is 0 Å². The van der Waals surface area contributed by atoms with Gasteiger partial charge in [-0.05, 0) is 18.7 Å². The lowest BCUT2D eigenvalue weighted by atomic mass is 10.0. The van der Waals surface area contributed by atoms with Crippen molar-refractivity contribution in [1.82, 2.24) is 0 Å². The van der Waals surface area contributed by atoms with Crippen molar-refractivity contribution in [1.29, 1.82) is 0 Å². The van der Waals surface area contributed by atoms with E-state index in [-0.39, 0.29) is 23.4 Å². The first-order chi connectivity index (χ1) is 11.1. The Hall–Kier alpha value is 0.790. The van der Waals surface area contributed by atoms with Gasteiger partial charge in [0.05, 0.1) is 0 Å². The van der Waals surface area contributed by atoms with Crippen LogP contribution in [0.2, 0.25) is 0 Å². The number of hydrogen-bond donors (Lipinski definition) is 3. The zero-order valence-electron chi connectivity index (χ0n) is 15.8. The summed E-state index contributed by atoms with van der Waals surface area (Å²) < 4.78 is 0. The number of halogens is 1. The molecule has 0 aromatic rings. The van der Waals surface area contributed by atoms with Crippen molar-refractivity contribution >= 4 is 25.6 Å². The summed E-state index contributed by atoms with van der Waals surface area (Å²) in [6.07, 6.45) is 21.3. The van der Waals surface area contributed by atoms with E-state index in [0.717, 1.165) is 14.7 Å². The molecule has 3 nitrogen and oxygen atoms in total. The fourth-order valence-electron chi connectivity index (χ4n) is 2.83. The molecule has 0 saturated carbocycles. The van der Waals surface area contributed by atoms with Crippen LogP contribution in [0.15, 0.2) is 0 Å². The molecule has 0 amide bonds. The van der Waals surface area contributed by atoms with Gasteiger partial charge in [-0.1, -0.05) is 90.4 Å². The molecule has 148 valence electrons. The van der Waals surface area contributed by atoms with E-state index in [9.17, 15) is 0 Å². The third-order valence-corrected chi connectivity index (χ3v) is 5.65. The Morgan fingerprint density at radius 2 is 0.958 bits per heavy atom. The Kier molecular flexibility index (Phi) is 22.6. The van der Waals surface area contributed by atoms with Gasteiger partial charge in [-0.25, -0.2) is 0 Å². The highest BCUT2D eigenvalue weighted by atomic mass is 79.9. The molecule has 0 heterocycles. The van der Waals surface area contributed by atoms with Crippen LogP contribution in [-0.2, 0) is 0 Å². The van der Waals surface area contributed by atoms with E-state index >= 15 is 0 Å². The highest BCUT2D eigenvalue weighted by Gasteiger charge is 2.16. The van der Waals surface area contributed by atoms with Crippen LogP contribution in [0.1, 0.15) is 103 Å². The van der Waals surface area contributed by atoms with Gasteiger partial charge in [0.2, 0.25) is 0 Å². The number of unbranched alkanes of at least 4 members (excludes halogenated alkanes) is 13. The highest BCUT2D eigenvalue weighted by Crippen LogP contribution is 2.18. The van der Waals surface area contributed by atoms with Gasteiger partial charge in [-0.3, -0.25) is 0 Å². The molecule has 0 radical (unpaired) electrons. The second kappa shape index (κ2) is 20.1. The topological polar surface area (TPSA) is 60.7 Å². The molecule has 0 aliphatic carbocycles. The first-order valence-corrected chi connectivity index (χ1v) is 11.4. The van der Waals surface area contributed by atoms with Gasteiger partial charge in [0, 0.05) is 6.42 Å². The average molecular weight is 429 g/mol. The summed E-state index contributed by atoms with van der Waals surface area (Å²) in [4.78, 5) is 0. The molecule has 0 aliphatic heterocycles. The molecular weight excluding hydrogens is 387 g/mol. The van der Waals surface area contributed by atoms with E-state index in [1.807, 2.05) is 0 Å². The summed E-state index contributed by atoms with van der Waals surface area (Å²) in [5.74, 6) is -2.46. The van der Waals surface area contributed by atoms with Gasteiger partial charge in [0.25, 0.3) is 5.97 Å². The van der Waals surface area contributed by atoms with Crippen LogP contribution in [0.25, 0.3) is 0 Å². The Balaban J connectivity index is 0. The Bertz CT molecular complexity index is 235. The Labute approximate surface area is 162 Å². The van der Waals surface area contributed by atoms with Crippen molar-refractivity contribution in [2.24, 2.45) is 0 Å². The minimum absolute atomic E-state index is 0. The van der Waals surface area contributed by atoms with Crippen LogP contribution in [-0.4, -0.2) is 33.6 Å². The molecule has 0 aliphatic rings. The molecule has 3 N–H and O–H groups in total. The molecule has 0 rings (SSSR count). The molecule has 0 fully saturated rings. The fourth-order valence-corrected chi connectivity index (χ4v) is 4.09. The molecular formula is C19H42BrO3P. The summed E-state index contributed by atoms with van der Waals surface area (Å²) >= 11 is 0. The standard InChI is InChI=1S/C19H41O3P.BrH/c1-2-3-4-5-6-7-8-9-10-11-12-13-14-15-17-23-18-16-19(20,21)22;/h20-23H,2-18H2,1H3;1H. The largest absolute Gasteiger partial charge is 0.344 e. The molecule has 0 aromatic heterocycles. The maximum Gasteiger partial charge on any atom is 0.275 e. The second-order valence-corrected chi connectivity index (χ2v) is 8.37. The van der Waals surface area contributed by atoms with Crippen LogP contribution in [0.5, 0.6) is 0 Å². The van der Waals surface area contributed by atoms with Gasteiger partial charge in [-0.2, -0.15) is 0 Å². The van der Waals surface area contributed by atoms with Gasteiger partial charge >= 0.3 is 0 Å². The predicted molar refractivity (Wildman–Crippen MR) is 113 cm³/mol. The van der Waals surface area contributed by atoms with E-state index in [2.05, 4.69) is 6.92 Å². The summed E-state index contributed by atoms with van der Waals surface area (Å²) in [6.45, 7) is 2.27. The Morgan fingerprint density at radius 1 is 0.583 bits per heavy atom. The lowest BCUT2D eigenvalue weighted by molar-refractivity contribution is -0.311. The molecule has 1 atom stereocenters. The van der Waals surface area contributed by atoms with Gasteiger partial charge < -0.3 is 15.3 Å². The molecule has 0 saturated heterocycles. The third kappa shape index (κ3) is 25.0. The first kappa shape index (κ1) is 27.0. The summed E-state index contributed by atoms with van der Waals surface area (Å²) in [5.41, 5.74) is 0. The smallest absolute Gasteiger partial charge is 0.275 e. The van der Waals surface area contributed by atoms with Crippen LogP contribution in [0.4, 0.5) is 0 Å². The molecule has 0 bridgehead atoms. The summed E-state index contributed by atoms with van der Waals surface area (Å²) in [6, 6.07) is 0. The van der Waals surface area contributed by atoms with Crippen molar-refractivity contribution in [3.63, 3.8) is 0 Å². The normalized spacial score (nSPS) is 12.0. The molecule has 5 heteroatoms. The van der Waals surface area contributed by atoms with E-state index in [4.69, 9.17) is 15.3 Å². The van der Waals surface area contributed by atoms with E-state index in [1.54, 1.807) is 0 Å². The quantitative estimate of drug-likeness (QED) is 0.148. The highest BCUT2D eigenvalue weighted by molar-refractivity contribution is 8.93. The van der Waals surface area contributed by atoms with Crippen LogP contribution < -0.4 is 0 Å². The SMILES string of the molecule is Br.CCCCCCCCCCCCCCCCPCCC(O)(O)O. The molecule has 0 aromatic carbocycles.